The van der Waals surface area contributed by atoms with Crippen molar-refractivity contribution >= 4 is 12.1 Å². The van der Waals surface area contributed by atoms with E-state index < -0.39 is 18.1 Å². The molecule has 0 saturated carbocycles. The number of benzene rings is 1. The van der Waals surface area contributed by atoms with Crippen molar-refractivity contribution in [1.29, 1.82) is 0 Å². The average molecular weight is 266 g/mol. The molecule has 1 amide bonds. The summed E-state index contributed by atoms with van der Waals surface area (Å²) in [7, 11) is 1.26. The second-order valence-electron chi connectivity index (χ2n) is 3.96. The number of aliphatic carboxylic acids is 1. The van der Waals surface area contributed by atoms with Gasteiger partial charge in [0.25, 0.3) is 0 Å². The number of hydrogen-bond donors (Lipinski definition) is 3. The smallest absolute Gasteiger partial charge is 0.406 e. The summed E-state index contributed by atoms with van der Waals surface area (Å²) in [6.07, 6.45) is -0.274. The molecule has 0 saturated heterocycles. The van der Waals surface area contributed by atoms with Crippen LogP contribution in [0, 0.1) is 0 Å². The number of hydrogen-bond acceptors (Lipinski definition) is 4. The van der Waals surface area contributed by atoms with E-state index in [0.29, 0.717) is 6.54 Å². The molecule has 104 valence electrons. The molecule has 0 fully saturated rings. The van der Waals surface area contributed by atoms with Gasteiger partial charge >= 0.3 is 12.1 Å². The van der Waals surface area contributed by atoms with Crippen LogP contribution in [-0.2, 0) is 16.1 Å². The van der Waals surface area contributed by atoms with Gasteiger partial charge in [0.1, 0.15) is 6.04 Å². The van der Waals surface area contributed by atoms with E-state index in [4.69, 9.17) is 5.11 Å². The van der Waals surface area contributed by atoms with Gasteiger partial charge in [0.15, 0.2) is 0 Å². The number of alkyl carbamates (subject to hydrolysis) is 1. The highest BCUT2D eigenvalue weighted by molar-refractivity contribution is 5.73. The van der Waals surface area contributed by atoms with E-state index in [1.807, 2.05) is 30.3 Å². The van der Waals surface area contributed by atoms with E-state index in [-0.39, 0.29) is 13.0 Å². The molecule has 1 unspecified atom stereocenters. The van der Waals surface area contributed by atoms with Gasteiger partial charge in [-0.1, -0.05) is 30.3 Å². The molecule has 0 radical (unpaired) electrons. The summed E-state index contributed by atoms with van der Waals surface area (Å²) in [6.45, 7) is 0.710. The van der Waals surface area contributed by atoms with Crippen molar-refractivity contribution in [2.24, 2.45) is 0 Å². The third-order valence-electron chi connectivity index (χ3n) is 2.58. The van der Waals surface area contributed by atoms with Gasteiger partial charge in [-0.3, -0.25) is 4.79 Å². The number of carboxylic acid groups (broad SMARTS) is 1. The highest BCUT2D eigenvalue weighted by atomic mass is 16.5. The first-order chi connectivity index (χ1) is 9.13. The quantitative estimate of drug-likeness (QED) is 0.684. The lowest BCUT2D eigenvalue weighted by Gasteiger charge is -2.14. The summed E-state index contributed by atoms with van der Waals surface area (Å²) in [4.78, 5) is 21.9. The number of amides is 1. The number of rotatable bonds is 7. The van der Waals surface area contributed by atoms with Crippen molar-refractivity contribution in [3.05, 3.63) is 35.9 Å². The Balaban J connectivity index is 2.36. The highest BCUT2D eigenvalue weighted by Crippen LogP contribution is 2.00. The fourth-order valence-electron chi connectivity index (χ4n) is 1.54. The molecule has 1 aromatic rings. The Morgan fingerprint density at radius 1 is 1.32 bits per heavy atom. The van der Waals surface area contributed by atoms with Gasteiger partial charge in [0.05, 0.1) is 7.11 Å². The predicted molar refractivity (Wildman–Crippen MR) is 69.7 cm³/mol. The van der Waals surface area contributed by atoms with Crippen LogP contribution in [0.15, 0.2) is 30.3 Å². The van der Waals surface area contributed by atoms with Crippen molar-refractivity contribution in [1.82, 2.24) is 10.6 Å². The molecule has 6 nitrogen and oxygen atoms in total. The molecule has 1 aromatic carbocycles. The topological polar surface area (TPSA) is 87.7 Å². The molecule has 0 aromatic heterocycles. The molecular formula is C13H18N2O4. The second-order valence-corrected chi connectivity index (χ2v) is 3.96. The third-order valence-corrected chi connectivity index (χ3v) is 2.58. The third kappa shape index (κ3) is 5.87. The minimum Gasteiger partial charge on any atom is -0.480 e. The molecule has 1 rings (SSSR count). The Kier molecular flexibility index (Phi) is 6.38. The zero-order chi connectivity index (χ0) is 14.1. The number of methoxy groups -OCH3 is 1. The van der Waals surface area contributed by atoms with E-state index in [1.165, 1.54) is 7.11 Å². The largest absolute Gasteiger partial charge is 0.480 e. The summed E-state index contributed by atoms with van der Waals surface area (Å²) in [5.41, 5.74) is 1.01. The maximum atomic E-state index is 11.1. The van der Waals surface area contributed by atoms with Crippen LogP contribution in [0.2, 0.25) is 0 Å². The van der Waals surface area contributed by atoms with Gasteiger partial charge in [0.2, 0.25) is 0 Å². The van der Waals surface area contributed by atoms with E-state index in [0.717, 1.165) is 5.56 Å². The van der Waals surface area contributed by atoms with Crippen LogP contribution in [-0.4, -0.2) is 36.9 Å². The molecule has 0 aliphatic carbocycles. The number of nitrogens with one attached hydrogen (secondary N) is 2. The van der Waals surface area contributed by atoms with Crippen molar-refractivity contribution < 1.29 is 19.4 Å². The van der Waals surface area contributed by atoms with Gasteiger partial charge in [-0.05, 0) is 12.0 Å². The fourth-order valence-corrected chi connectivity index (χ4v) is 1.54. The first-order valence-electron chi connectivity index (χ1n) is 5.95. The number of carboxylic acids is 1. The molecule has 0 aliphatic rings. The van der Waals surface area contributed by atoms with Crippen LogP contribution in [0.3, 0.4) is 0 Å². The summed E-state index contributed by atoms with van der Waals surface area (Å²) in [6, 6.07) is 8.81. The van der Waals surface area contributed by atoms with E-state index in [1.54, 1.807) is 0 Å². The monoisotopic (exact) mass is 266 g/mol. The summed E-state index contributed by atoms with van der Waals surface area (Å²) < 4.78 is 4.40. The minimum atomic E-state index is -0.942. The Labute approximate surface area is 111 Å². The van der Waals surface area contributed by atoms with Gasteiger partial charge in [0, 0.05) is 13.1 Å². The lowest BCUT2D eigenvalue weighted by Crippen LogP contribution is -2.39. The van der Waals surface area contributed by atoms with E-state index >= 15 is 0 Å². The summed E-state index contributed by atoms with van der Waals surface area (Å²) >= 11 is 0. The minimum absolute atomic E-state index is 0.241. The normalized spacial score (nSPS) is 11.6. The molecule has 6 heteroatoms. The lowest BCUT2D eigenvalue weighted by atomic mass is 10.1. The Bertz CT molecular complexity index is 408. The molecule has 0 bridgehead atoms. The number of ether oxygens (including phenoxy) is 1. The SMILES string of the molecule is COC(=O)NCCC(NCc1ccccc1)C(=O)O. The molecule has 3 N–H and O–H groups in total. The van der Waals surface area contributed by atoms with Gasteiger partial charge in [-0.15, -0.1) is 0 Å². The number of carbonyl (C=O) groups is 2. The van der Waals surface area contributed by atoms with Crippen LogP contribution in [0.4, 0.5) is 4.79 Å². The van der Waals surface area contributed by atoms with Crippen LogP contribution in [0.25, 0.3) is 0 Å². The van der Waals surface area contributed by atoms with Crippen molar-refractivity contribution in [2.75, 3.05) is 13.7 Å². The average Bonchev–Trinajstić information content (AvgIpc) is 2.43. The van der Waals surface area contributed by atoms with Gasteiger partial charge < -0.3 is 20.5 Å². The van der Waals surface area contributed by atoms with Crippen LogP contribution >= 0.6 is 0 Å². The molecule has 19 heavy (non-hydrogen) atoms. The van der Waals surface area contributed by atoms with E-state index in [2.05, 4.69) is 15.4 Å². The zero-order valence-corrected chi connectivity index (χ0v) is 10.8. The maximum Gasteiger partial charge on any atom is 0.406 e. The Hall–Kier alpha value is -2.08. The van der Waals surface area contributed by atoms with Crippen molar-refractivity contribution in [3.8, 4) is 0 Å². The van der Waals surface area contributed by atoms with Crippen LogP contribution < -0.4 is 10.6 Å². The fraction of sp³-hybridized carbons (Fsp3) is 0.385. The van der Waals surface area contributed by atoms with Crippen LogP contribution in [0.5, 0.6) is 0 Å². The molecule has 0 aliphatic heterocycles. The summed E-state index contributed by atoms with van der Waals surface area (Å²) in [5.74, 6) is -0.942. The molecule has 0 spiro atoms. The predicted octanol–water partition coefficient (Wildman–Crippen LogP) is 0.975. The molecule has 0 heterocycles. The number of carbonyl (C=O) groups excluding carboxylic acids is 1. The maximum absolute atomic E-state index is 11.1. The molecule has 1 atom stereocenters. The summed E-state index contributed by atoms with van der Waals surface area (Å²) in [5, 5.41) is 14.5. The molecular weight excluding hydrogens is 248 g/mol. The van der Waals surface area contributed by atoms with Gasteiger partial charge in [-0.2, -0.15) is 0 Å². The zero-order valence-electron chi connectivity index (χ0n) is 10.8. The lowest BCUT2D eigenvalue weighted by molar-refractivity contribution is -0.139. The Morgan fingerprint density at radius 2 is 2.00 bits per heavy atom. The first-order valence-corrected chi connectivity index (χ1v) is 5.95. The Morgan fingerprint density at radius 3 is 2.58 bits per heavy atom. The highest BCUT2D eigenvalue weighted by Gasteiger charge is 2.16. The first kappa shape index (κ1) is 15.0. The standard InChI is InChI=1S/C13H18N2O4/c1-19-13(18)14-8-7-11(12(16)17)15-9-10-5-3-2-4-6-10/h2-6,11,15H,7-9H2,1H3,(H,14,18)(H,16,17). The van der Waals surface area contributed by atoms with Crippen molar-refractivity contribution in [3.63, 3.8) is 0 Å². The van der Waals surface area contributed by atoms with E-state index in [9.17, 15) is 9.59 Å². The van der Waals surface area contributed by atoms with Crippen molar-refractivity contribution in [2.45, 2.75) is 19.0 Å². The van der Waals surface area contributed by atoms with Crippen LogP contribution in [0.1, 0.15) is 12.0 Å². The van der Waals surface area contributed by atoms with Gasteiger partial charge in [-0.25, -0.2) is 4.79 Å². The second kappa shape index (κ2) is 8.10.